The summed E-state index contributed by atoms with van der Waals surface area (Å²) in [6.45, 7) is 3.06. The minimum atomic E-state index is -0.133. The lowest BCUT2D eigenvalue weighted by atomic mass is 10.1. The topological polar surface area (TPSA) is 58.1 Å². The molecule has 1 saturated heterocycles. The second-order valence-electron chi connectivity index (χ2n) is 6.48. The average Bonchev–Trinajstić information content (AvgIpc) is 3.26. The molecule has 0 bridgehead atoms. The standard InChI is InChI=1S/C20H21ClN4O/c1-2-25-17-6-4-3-5-14(17)11-18(25)16-12-19(24-23-16)22-20(26)13-7-9-15(21)10-8-13/h3-11,16,19,23-24H,2,12H2,1H3,(H,22,26). The van der Waals surface area contributed by atoms with Crippen LogP contribution in [0.1, 0.15) is 35.4 Å². The predicted molar refractivity (Wildman–Crippen MR) is 104 cm³/mol. The number of fused-ring (bicyclic) bond motifs is 1. The van der Waals surface area contributed by atoms with Crippen molar-refractivity contribution in [2.75, 3.05) is 0 Å². The number of hydrogen-bond acceptors (Lipinski definition) is 3. The fourth-order valence-corrected chi connectivity index (χ4v) is 3.69. The molecule has 0 radical (unpaired) electrons. The maximum absolute atomic E-state index is 12.4. The lowest BCUT2D eigenvalue weighted by Crippen LogP contribution is -2.44. The number of hydrogen-bond donors (Lipinski definition) is 3. The van der Waals surface area contributed by atoms with Crippen molar-refractivity contribution in [3.8, 4) is 0 Å². The fourth-order valence-electron chi connectivity index (χ4n) is 3.56. The van der Waals surface area contributed by atoms with E-state index in [1.807, 2.05) is 0 Å². The van der Waals surface area contributed by atoms with Crippen molar-refractivity contribution in [3.05, 3.63) is 70.9 Å². The molecule has 3 aromatic rings. The third-order valence-corrected chi connectivity index (χ3v) is 5.08. The van der Waals surface area contributed by atoms with E-state index in [9.17, 15) is 4.79 Å². The quantitative estimate of drug-likeness (QED) is 0.659. The summed E-state index contributed by atoms with van der Waals surface area (Å²) in [5, 5.41) is 4.88. The van der Waals surface area contributed by atoms with Gasteiger partial charge in [0.25, 0.3) is 5.91 Å². The largest absolute Gasteiger partial charge is 0.343 e. The summed E-state index contributed by atoms with van der Waals surface area (Å²) < 4.78 is 2.32. The number of nitrogens with zero attached hydrogens (tertiary/aromatic N) is 1. The summed E-state index contributed by atoms with van der Waals surface area (Å²) in [6.07, 6.45) is 0.641. The summed E-state index contributed by atoms with van der Waals surface area (Å²) >= 11 is 5.88. The van der Waals surface area contributed by atoms with Crippen LogP contribution in [-0.2, 0) is 6.54 Å². The van der Waals surface area contributed by atoms with Gasteiger partial charge in [-0.25, -0.2) is 10.9 Å². The van der Waals surface area contributed by atoms with Gasteiger partial charge in [0.1, 0.15) is 0 Å². The third kappa shape index (κ3) is 3.21. The molecule has 2 aromatic carbocycles. The molecule has 0 saturated carbocycles. The van der Waals surface area contributed by atoms with Gasteiger partial charge < -0.3 is 9.88 Å². The fraction of sp³-hybridized carbons (Fsp3) is 0.250. The van der Waals surface area contributed by atoms with Gasteiger partial charge in [-0.2, -0.15) is 0 Å². The van der Waals surface area contributed by atoms with Gasteiger partial charge in [0.05, 0.1) is 12.2 Å². The lowest BCUT2D eigenvalue weighted by Gasteiger charge is -2.14. The highest BCUT2D eigenvalue weighted by molar-refractivity contribution is 6.30. The molecule has 1 aliphatic heterocycles. The maximum atomic E-state index is 12.4. The van der Waals surface area contributed by atoms with Crippen LogP contribution in [0.5, 0.6) is 0 Å². The van der Waals surface area contributed by atoms with Crippen LogP contribution in [0.2, 0.25) is 5.02 Å². The van der Waals surface area contributed by atoms with Crippen molar-refractivity contribution >= 4 is 28.4 Å². The molecule has 4 rings (SSSR count). The van der Waals surface area contributed by atoms with Gasteiger partial charge in [-0.1, -0.05) is 29.8 Å². The van der Waals surface area contributed by atoms with Crippen molar-refractivity contribution in [2.45, 2.75) is 32.1 Å². The average molecular weight is 369 g/mol. The first-order valence-electron chi connectivity index (χ1n) is 8.81. The smallest absolute Gasteiger partial charge is 0.252 e. The van der Waals surface area contributed by atoms with Gasteiger partial charge >= 0.3 is 0 Å². The van der Waals surface area contributed by atoms with E-state index in [1.54, 1.807) is 24.3 Å². The molecule has 1 aromatic heterocycles. The van der Waals surface area contributed by atoms with Crippen molar-refractivity contribution in [3.63, 3.8) is 0 Å². The second-order valence-corrected chi connectivity index (χ2v) is 6.92. The summed E-state index contributed by atoms with van der Waals surface area (Å²) in [7, 11) is 0. The van der Waals surface area contributed by atoms with E-state index < -0.39 is 0 Å². The molecular weight excluding hydrogens is 348 g/mol. The lowest BCUT2D eigenvalue weighted by molar-refractivity contribution is 0.0932. The van der Waals surface area contributed by atoms with E-state index in [0.29, 0.717) is 10.6 Å². The predicted octanol–water partition coefficient (Wildman–Crippen LogP) is 3.61. The van der Waals surface area contributed by atoms with Crippen LogP contribution in [0, 0.1) is 0 Å². The van der Waals surface area contributed by atoms with Crippen molar-refractivity contribution in [1.82, 2.24) is 20.7 Å². The molecule has 0 aliphatic carbocycles. The summed E-state index contributed by atoms with van der Waals surface area (Å²) in [5.74, 6) is -0.113. The zero-order chi connectivity index (χ0) is 18.1. The van der Waals surface area contributed by atoms with Crippen molar-refractivity contribution in [2.24, 2.45) is 0 Å². The molecule has 0 spiro atoms. The minimum absolute atomic E-state index is 0.113. The monoisotopic (exact) mass is 368 g/mol. The summed E-state index contributed by atoms with van der Waals surface area (Å²) in [5.41, 5.74) is 9.57. The van der Waals surface area contributed by atoms with Gasteiger partial charge in [-0.05, 0) is 48.7 Å². The highest BCUT2D eigenvalue weighted by Gasteiger charge is 2.28. The Morgan fingerprint density at radius 2 is 1.96 bits per heavy atom. The molecule has 3 N–H and O–H groups in total. The van der Waals surface area contributed by atoms with Crippen LogP contribution >= 0.6 is 11.6 Å². The van der Waals surface area contributed by atoms with E-state index in [-0.39, 0.29) is 18.1 Å². The van der Waals surface area contributed by atoms with Gasteiger partial charge in [0.2, 0.25) is 0 Å². The highest BCUT2D eigenvalue weighted by Crippen LogP contribution is 2.28. The molecule has 2 heterocycles. The van der Waals surface area contributed by atoms with Crippen LogP contribution in [-0.4, -0.2) is 16.6 Å². The number of nitrogens with one attached hydrogen (secondary N) is 3. The molecule has 6 heteroatoms. The number of amides is 1. The first kappa shape index (κ1) is 17.1. The number of carbonyl (C=O) groups excluding carboxylic acids is 1. The zero-order valence-corrected chi connectivity index (χ0v) is 15.3. The number of benzene rings is 2. The number of halogens is 1. The maximum Gasteiger partial charge on any atom is 0.252 e. The molecule has 1 amide bonds. The summed E-state index contributed by atoms with van der Waals surface area (Å²) in [4.78, 5) is 12.4. The Morgan fingerprint density at radius 3 is 2.73 bits per heavy atom. The molecule has 26 heavy (non-hydrogen) atoms. The summed E-state index contributed by atoms with van der Waals surface area (Å²) in [6, 6.07) is 17.7. The number of rotatable bonds is 4. The van der Waals surface area contributed by atoms with E-state index in [1.165, 1.54) is 16.6 Å². The molecule has 134 valence electrons. The van der Waals surface area contributed by atoms with E-state index in [2.05, 4.69) is 58.0 Å². The zero-order valence-electron chi connectivity index (χ0n) is 14.5. The third-order valence-electron chi connectivity index (χ3n) is 4.83. The van der Waals surface area contributed by atoms with Crippen LogP contribution in [0.4, 0.5) is 0 Å². The Morgan fingerprint density at radius 1 is 1.19 bits per heavy atom. The number of carbonyl (C=O) groups is 1. The Kier molecular flexibility index (Phi) is 4.68. The highest BCUT2D eigenvalue weighted by atomic mass is 35.5. The van der Waals surface area contributed by atoms with Gasteiger partial charge in [-0.3, -0.25) is 4.79 Å². The van der Waals surface area contributed by atoms with E-state index in [0.717, 1.165) is 13.0 Å². The van der Waals surface area contributed by atoms with E-state index >= 15 is 0 Å². The minimum Gasteiger partial charge on any atom is -0.343 e. The van der Waals surface area contributed by atoms with Crippen LogP contribution in [0.15, 0.2) is 54.6 Å². The Bertz CT molecular complexity index is 935. The van der Waals surface area contributed by atoms with Crippen molar-refractivity contribution < 1.29 is 4.79 Å². The molecule has 1 fully saturated rings. The molecular formula is C20H21ClN4O. The first-order valence-corrected chi connectivity index (χ1v) is 9.19. The number of aryl methyl sites for hydroxylation is 1. The van der Waals surface area contributed by atoms with Crippen molar-refractivity contribution in [1.29, 1.82) is 0 Å². The first-order chi connectivity index (χ1) is 12.7. The molecule has 1 aliphatic rings. The Labute approximate surface area is 157 Å². The molecule has 2 unspecified atom stereocenters. The molecule has 2 atom stereocenters. The van der Waals surface area contributed by atoms with Crippen LogP contribution in [0.3, 0.4) is 0 Å². The van der Waals surface area contributed by atoms with Gasteiger partial charge in [0.15, 0.2) is 0 Å². The normalized spacial score (nSPS) is 19.8. The number of hydrazine groups is 1. The van der Waals surface area contributed by atoms with Gasteiger partial charge in [0, 0.05) is 34.8 Å². The van der Waals surface area contributed by atoms with Crippen LogP contribution in [0.25, 0.3) is 10.9 Å². The molecule has 5 nitrogen and oxygen atoms in total. The Hall–Kier alpha value is -2.34. The number of aromatic nitrogens is 1. The number of para-hydroxylation sites is 1. The Balaban J connectivity index is 1.48. The SMILES string of the molecule is CCn1c(C2CC(NC(=O)c3ccc(Cl)cc3)NN2)cc2ccccc21. The second kappa shape index (κ2) is 7.11. The van der Waals surface area contributed by atoms with E-state index in [4.69, 9.17) is 11.6 Å². The van der Waals surface area contributed by atoms with Gasteiger partial charge in [-0.15, -0.1) is 0 Å². The van der Waals surface area contributed by atoms with Crippen LogP contribution < -0.4 is 16.2 Å².